The molecule has 1 aromatic rings. The maximum absolute atomic E-state index is 13.0. The van der Waals surface area contributed by atoms with Crippen LogP contribution in [0.5, 0.6) is 5.75 Å². The second-order valence-electron chi connectivity index (χ2n) is 4.80. The van der Waals surface area contributed by atoms with Crippen molar-refractivity contribution in [3.63, 3.8) is 0 Å². The first-order valence-electron chi connectivity index (χ1n) is 6.03. The molecule has 0 heterocycles. The highest BCUT2D eigenvalue weighted by molar-refractivity contribution is 5.39. The standard InChI is InChI=1S/C13H16F3NO2/c1-19-8-4-5-9(10(6-8)13(14,15)16)11(17)12(18)7-2-3-7/h4-7,11-12,18H,2-3,17H2,1H3/t11-,12+/m1/s1. The van der Waals surface area contributed by atoms with E-state index in [0.29, 0.717) is 0 Å². The zero-order valence-corrected chi connectivity index (χ0v) is 10.4. The minimum absolute atomic E-state index is 0.0122. The van der Waals surface area contributed by atoms with Gasteiger partial charge in [-0.25, -0.2) is 0 Å². The molecule has 1 aliphatic carbocycles. The van der Waals surface area contributed by atoms with Gasteiger partial charge >= 0.3 is 6.18 Å². The van der Waals surface area contributed by atoms with Crippen LogP contribution in [-0.4, -0.2) is 18.3 Å². The van der Waals surface area contributed by atoms with Crippen LogP contribution >= 0.6 is 0 Å². The van der Waals surface area contributed by atoms with Crippen molar-refractivity contribution in [3.8, 4) is 5.75 Å². The number of hydrogen-bond acceptors (Lipinski definition) is 3. The number of benzene rings is 1. The Balaban J connectivity index is 2.37. The van der Waals surface area contributed by atoms with E-state index in [-0.39, 0.29) is 17.2 Å². The summed E-state index contributed by atoms with van der Waals surface area (Å²) in [6.45, 7) is 0. The smallest absolute Gasteiger partial charge is 0.416 e. The van der Waals surface area contributed by atoms with Gasteiger partial charge in [0.15, 0.2) is 0 Å². The molecule has 0 radical (unpaired) electrons. The minimum atomic E-state index is -4.52. The van der Waals surface area contributed by atoms with Crippen LogP contribution in [0.3, 0.4) is 0 Å². The highest BCUT2D eigenvalue weighted by Gasteiger charge is 2.40. The van der Waals surface area contributed by atoms with Crippen molar-refractivity contribution in [2.24, 2.45) is 11.7 Å². The summed E-state index contributed by atoms with van der Waals surface area (Å²) in [7, 11) is 1.30. The van der Waals surface area contributed by atoms with E-state index in [1.807, 2.05) is 0 Å². The summed E-state index contributed by atoms with van der Waals surface area (Å²) in [5.41, 5.74) is 4.84. The molecule has 2 rings (SSSR count). The molecule has 19 heavy (non-hydrogen) atoms. The van der Waals surface area contributed by atoms with Crippen LogP contribution in [-0.2, 0) is 6.18 Å². The van der Waals surface area contributed by atoms with Crippen LogP contribution in [0.4, 0.5) is 13.2 Å². The highest BCUT2D eigenvalue weighted by Crippen LogP contribution is 2.41. The molecule has 1 fully saturated rings. The lowest BCUT2D eigenvalue weighted by Gasteiger charge is -2.23. The Morgan fingerprint density at radius 1 is 1.37 bits per heavy atom. The second-order valence-corrected chi connectivity index (χ2v) is 4.80. The van der Waals surface area contributed by atoms with Gasteiger partial charge in [0.25, 0.3) is 0 Å². The maximum Gasteiger partial charge on any atom is 0.416 e. The van der Waals surface area contributed by atoms with Gasteiger partial charge in [0.2, 0.25) is 0 Å². The summed E-state index contributed by atoms with van der Waals surface area (Å²) >= 11 is 0. The lowest BCUT2D eigenvalue weighted by molar-refractivity contribution is -0.138. The summed E-state index contributed by atoms with van der Waals surface area (Å²) < 4.78 is 43.8. The Kier molecular flexibility index (Phi) is 3.73. The number of aliphatic hydroxyl groups is 1. The van der Waals surface area contributed by atoms with E-state index in [4.69, 9.17) is 10.5 Å². The molecule has 0 spiro atoms. The summed E-state index contributed by atoms with van der Waals surface area (Å²) in [5.74, 6) is 0.127. The van der Waals surface area contributed by atoms with Gasteiger partial charge in [-0.2, -0.15) is 13.2 Å². The molecule has 0 saturated heterocycles. The molecule has 0 amide bonds. The van der Waals surface area contributed by atoms with Gasteiger partial charge in [-0.15, -0.1) is 0 Å². The van der Waals surface area contributed by atoms with Gasteiger partial charge in [-0.05, 0) is 36.5 Å². The molecule has 6 heteroatoms. The van der Waals surface area contributed by atoms with E-state index < -0.39 is 23.9 Å². The largest absolute Gasteiger partial charge is 0.497 e. The minimum Gasteiger partial charge on any atom is -0.497 e. The molecule has 3 nitrogen and oxygen atoms in total. The zero-order chi connectivity index (χ0) is 14.2. The monoisotopic (exact) mass is 275 g/mol. The number of alkyl halides is 3. The molecule has 2 atom stereocenters. The number of nitrogens with two attached hydrogens (primary N) is 1. The van der Waals surface area contributed by atoms with Crippen molar-refractivity contribution in [1.29, 1.82) is 0 Å². The summed E-state index contributed by atoms with van der Waals surface area (Å²) in [4.78, 5) is 0. The third-order valence-corrected chi connectivity index (χ3v) is 3.40. The fourth-order valence-corrected chi connectivity index (χ4v) is 2.11. The Morgan fingerprint density at radius 2 is 2.00 bits per heavy atom. The van der Waals surface area contributed by atoms with Crippen molar-refractivity contribution < 1.29 is 23.0 Å². The molecule has 106 valence electrons. The third-order valence-electron chi connectivity index (χ3n) is 3.40. The van der Waals surface area contributed by atoms with Gasteiger partial charge < -0.3 is 15.6 Å². The topological polar surface area (TPSA) is 55.5 Å². The van der Waals surface area contributed by atoms with Crippen LogP contribution in [0.25, 0.3) is 0 Å². The summed E-state index contributed by atoms with van der Waals surface area (Å²) in [6.07, 6.45) is -3.83. The molecule has 1 aliphatic rings. The van der Waals surface area contributed by atoms with Crippen molar-refractivity contribution in [2.45, 2.75) is 31.2 Å². The Labute approximate surface area is 109 Å². The molecular formula is C13H16F3NO2. The molecule has 0 unspecified atom stereocenters. The van der Waals surface area contributed by atoms with Crippen molar-refractivity contribution in [3.05, 3.63) is 29.3 Å². The van der Waals surface area contributed by atoms with Crippen molar-refractivity contribution in [1.82, 2.24) is 0 Å². The molecular weight excluding hydrogens is 259 g/mol. The molecule has 1 aromatic carbocycles. The quantitative estimate of drug-likeness (QED) is 0.887. The molecule has 0 bridgehead atoms. The van der Waals surface area contributed by atoms with E-state index in [9.17, 15) is 18.3 Å². The van der Waals surface area contributed by atoms with Gasteiger partial charge in [0.05, 0.1) is 24.8 Å². The van der Waals surface area contributed by atoms with E-state index >= 15 is 0 Å². The average molecular weight is 275 g/mol. The van der Waals surface area contributed by atoms with E-state index in [1.165, 1.54) is 19.2 Å². The predicted octanol–water partition coefficient (Wildman–Crippen LogP) is 2.48. The Morgan fingerprint density at radius 3 is 2.47 bits per heavy atom. The first kappa shape index (κ1) is 14.1. The first-order chi connectivity index (χ1) is 8.84. The molecule has 0 aromatic heterocycles. The number of rotatable bonds is 4. The molecule has 3 N–H and O–H groups in total. The van der Waals surface area contributed by atoms with Crippen molar-refractivity contribution in [2.75, 3.05) is 7.11 Å². The van der Waals surface area contributed by atoms with Crippen molar-refractivity contribution >= 4 is 0 Å². The molecule has 1 saturated carbocycles. The maximum atomic E-state index is 13.0. The number of hydrogen-bond donors (Lipinski definition) is 2. The molecule has 0 aliphatic heterocycles. The summed E-state index contributed by atoms with van der Waals surface area (Å²) in [6, 6.07) is 2.58. The zero-order valence-electron chi connectivity index (χ0n) is 10.4. The van der Waals surface area contributed by atoms with E-state index in [1.54, 1.807) is 0 Å². The van der Waals surface area contributed by atoms with Crippen LogP contribution in [0, 0.1) is 5.92 Å². The van der Waals surface area contributed by atoms with Crippen LogP contribution < -0.4 is 10.5 Å². The number of aliphatic hydroxyl groups excluding tert-OH is 1. The number of methoxy groups -OCH3 is 1. The van der Waals surface area contributed by atoms with Gasteiger partial charge in [-0.3, -0.25) is 0 Å². The average Bonchev–Trinajstić information content (AvgIpc) is 3.19. The summed E-state index contributed by atoms with van der Waals surface area (Å²) in [5, 5.41) is 9.90. The van der Waals surface area contributed by atoms with Gasteiger partial charge in [0.1, 0.15) is 5.75 Å². The lowest BCUT2D eigenvalue weighted by Crippen LogP contribution is -2.30. The van der Waals surface area contributed by atoms with Crippen LogP contribution in [0.1, 0.15) is 30.0 Å². The van der Waals surface area contributed by atoms with E-state index in [2.05, 4.69) is 0 Å². The fraction of sp³-hybridized carbons (Fsp3) is 0.538. The van der Waals surface area contributed by atoms with Gasteiger partial charge in [0, 0.05) is 0 Å². The SMILES string of the molecule is COc1ccc([C@@H](N)[C@@H](O)C2CC2)c(C(F)(F)F)c1. The highest BCUT2D eigenvalue weighted by atomic mass is 19.4. The van der Waals surface area contributed by atoms with E-state index in [0.717, 1.165) is 18.9 Å². The predicted molar refractivity (Wildman–Crippen MR) is 63.7 cm³/mol. The second kappa shape index (κ2) is 5.02. The number of ether oxygens (including phenoxy) is 1. The normalized spacial score (nSPS) is 19.1. The Bertz CT molecular complexity index is 458. The Hall–Kier alpha value is -1.27. The fourth-order valence-electron chi connectivity index (χ4n) is 2.11. The van der Waals surface area contributed by atoms with Crippen LogP contribution in [0.15, 0.2) is 18.2 Å². The number of halogens is 3. The van der Waals surface area contributed by atoms with Crippen LogP contribution in [0.2, 0.25) is 0 Å². The van der Waals surface area contributed by atoms with Gasteiger partial charge in [-0.1, -0.05) is 6.07 Å². The lowest BCUT2D eigenvalue weighted by atomic mass is 9.94. The third kappa shape index (κ3) is 3.01. The first-order valence-corrected chi connectivity index (χ1v) is 6.03.